The average Bonchev–Trinajstić information content (AvgIpc) is 2.69. The maximum atomic E-state index is 14.5. The highest BCUT2D eigenvalue weighted by Crippen LogP contribution is 2.33. The van der Waals surface area contributed by atoms with Gasteiger partial charge in [-0.2, -0.15) is 0 Å². The molecule has 2 aromatic rings. The molecule has 0 radical (unpaired) electrons. The van der Waals surface area contributed by atoms with Crippen molar-refractivity contribution in [3.8, 4) is 11.5 Å². The first-order chi connectivity index (χ1) is 13.8. The molecule has 2 N–H and O–H groups in total. The van der Waals surface area contributed by atoms with Crippen molar-refractivity contribution in [1.29, 1.82) is 0 Å². The number of hydrogen-bond donors (Lipinski definition) is 2. The van der Waals surface area contributed by atoms with E-state index in [1.54, 1.807) is 21.9 Å². The van der Waals surface area contributed by atoms with Crippen molar-refractivity contribution in [1.82, 2.24) is 14.7 Å². The fourth-order valence-electron chi connectivity index (χ4n) is 2.25. The molecule has 0 atom stereocenters. The molecule has 0 aromatic heterocycles. The lowest BCUT2D eigenvalue weighted by molar-refractivity contribution is -0.129. The van der Waals surface area contributed by atoms with Crippen molar-refractivity contribution in [2.24, 2.45) is 0 Å². The highest BCUT2D eigenvalue weighted by atomic mass is 35.5. The number of carbonyl (C=O) groups is 1. The largest absolute Gasteiger partial charge is 0.451 e. The highest BCUT2D eigenvalue weighted by molar-refractivity contribution is 7.97. The number of amides is 1. The van der Waals surface area contributed by atoms with Gasteiger partial charge in [0, 0.05) is 23.0 Å². The fourth-order valence-corrected chi connectivity index (χ4v) is 3.34. The molecule has 0 aliphatic heterocycles. The maximum absolute atomic E-state index is 14.5. The van der Waals surface area contributed by atoms with Gasteiger partial charge in [0.15, 0.2) is 17.4 Å². The Labute approximate surface area is 177 Å². The molecule has 10 heteroatoms. The minimum Gasteiger partial charge on any atom is -0.451 e. The molecule has 0 bridgehead atoms. The molecule has 6 nitrogen and oxygen atoms in total. The molecule has 0 heterocycles. The van der Waals surface area contributed by atoms with Crippen molar-refractivity contribution in [2.45, 2.75) is 11.8 Å². The third-order valence-corrected chi connectivity index (χ3v) is 5.22. The second-order valence-electron chi connectivity index (χ2n) is 6.16. The van der Waals surface area contributed by atoms with Gasteiger partial charge < -0.3 is 9.64 Å². The van der Waals surface area contributed by atoms with E-state index < -0.39 is 23.3 Å². The third kappa shape index (κ3) is 7.45. The van der Waals surface area contributed by atoms with E-state index in [1.807, 2.05) is 18.9 Å². The summed E-state index contributed by atoms with van der Waals surface area (Å²) in [6.45, 7) is 3.72. The van der Waals surface area contributed by atoms with Crippen LogP contribution >= 0.6 is 23.5 Å². The number of carbonyl (C=O) groups excluding carboxylic acids is 1. The zero-order valence-corrected chi connectivity index (χ0v) is 17.6. The van der Waals surface area contributed by atoms with E-state index in [1.165, 1.54) is 12.1 Å². The van der Waals surface area contributed by atoms with Gasteiger partial charge in [-0.25, -0.2) is 18.6 Å². The minimum atomic E-state index is -0.875. The van der Waals surface area contributed by atoms with Crippen LogP contribution in [0.1, 0.15) is 6.92 Å². The summed E-state index contributed by atoms with van der Waals surface area (Å²) < 4.78 is 35.8. The predicted octanol–water partition coefficient (Wildman–Crippen LogP) is 4.18. The molecule has 0 aliphatic rings. The van der Waals surface area contributed by atoms with Gasteiger partial charge in [0.2, 0.25) is 0 Å². The zero-order valence-electron chi connectivity index (χ0n) is 16.0. The van der Waals surface area contributed by atoms with Crippen LogP contribution in [0, 0.1) is 11.6 Å². The summed E-state index contributed by atoms with van der Waals surface area (Å²) in [5, 5.41) is 9.24. The van der Waals surface area contributed by atoms with Crippen LogP contribution < -0.4 is 10.2 Å². The number of likely N-dealkylation sites (N-methyl/N-ethyl adjacent to an activating group) is 1. The first kappa shape index (κ1) is 23.4. The molecular formula is C19H22ClF2N3O3S. The molecule has 0 aliphatic carbocycles. The quantitative estimate of drug-likeness (QED) is 0.325. The number of ether oxygens (including phenoxy) is 1. The van der Waals surface area contributed by atoms with E-state index in [0.29, 0.717) is 18.1 Å². The van der Waals surface area contributed by atoms with Crippen molar-refractivity contribution < 1.29 is 23.5 Å². The van der Waals surface area contributed by atoms with Crippen LogP contribution in [0.25, 0.3) is 0 Å². The number of halogens is 3. The van der Waals surface area contributed by atoms with Gasteiger partial charge >= 0.3 is 0 Å². The molecular weight excluding hydrogens is 424 g/mol. The second kappa shape index (κ2) is 11.3. The van der Waals surface area contributed by atoms with Gasteiger partial charge in [-0.1, -0.05) is 18.5 Å². The molecule has 0 saturated heterocycles. The topological polar surface area (TPSA) is 65.0 Å². The van der Waals surface area contributed by atoms with Gasteiger partial charge in [-0.05, 0) is 61.9 Å². The monoisotopic (exact) mass is 445 g/mol. The molecule has 2 aromatic carbocycles. The first-order valence-electron chi connectivity index (χ1n) is 8.79. The fraction of sp³-hybridized carbons (Fsp3) is 0.316. The Morgan fingerprint density at radius 2 is 1.83 bits per heavy atom. The lowest BCUT2D eigenvalue weighted by Crippen LogP contribution is -2.36. The van der Waals surface area contributed by atoms with Gasteiger partial charge in [0.05, 0.1) is 6.54 Å². The van der Waals surface area contributed by atoms with E-state index in [-0.39, 0.29) is 17.2 Å². The van der Waals surface area contributed by atoms with E-state index in [4.69, 9.17) is 21.5 Å². The van der Waals surface area contributed by atoms with Crippen LogP contribution in [0.4, 0.5) is 8.78 Å². The summed E-state index contributed by atoms with van der Waals surface area (Å²) in [6, 6.07) is 8.37. The Bertz CT molecular complexity index is 804. The smallest absolute Gasteiger partial charge is 0.258 e. The van der Waals surface area contributed by atoms with Crippen LogP contribution in [0.15, 0.2) is 41.3 Å². The lowest BCUT2D eigenvalue weighted by Gasteiger charge is -2.23. The Morgan fingerprint density at radius 1 is 1.21 bits per heavy atom. The highest BCUT2D eigenvalue weighted by Gasteiger charge is 2.18. The van der Waals surface area contributed by atoms with E-state index in [0.717, 1.165) is 30.6 Å². The molecule has 0 fully saturated rings. The molecule has 0 unspecified atom stereocenters. The maximum Gasteiger partial charge on any atom is 0.258 e. The summed E-state index contributed by atoms with van der Waals surface area (Å²) in [5.41, 5.74) is 1.56. The van der Waals surface area contributed by atoms with Gasteiger partial charge in [-0.3, -0.25) is 10.0 Å². The van der Waals surface area contributed by atoms with Crippen LogP contribution in [0.5, 0.6) is 11.5 Å². The van der Waals surface area contributed by atoms with Crippen LogP contribution in [-0.4, -0.2) is 53.5 Å². The Balaban J connectivity index is 2.14. The summed E-state index contributed by atoms with van der Waals surface area (Å²) in [5.74, 6) is -2.65. The average molecular weight is 446 g/mol. The number of hydrogen-bond acceptors (Lipinski definition) is 6. The van der Waals surface area contributed by atoms with E-state index >= 15 is 0 Å². The summed E-state index contributed by atoms with van der Waals surface area (Å²) >= 11 is 6.80. The molecule has 0 spiro atoms. The predicted molar refractivity (Wildman–Crippen MR) is 108 cm³/mol. The summed E-state index contributed by atoms with van der Waals surface area (Å²) in [4.78, 5) is 13.8. The number of nitrogens with one attached hydrogen (secondary N) is 1. The number of nitrogens with zero attached hydrogens (tertiary/aromatic N) is 2. The van der Waals surface area contributed by atoms with Gasteiger partial charge in [-0.15, -0.1) is 0 Å². The normalized spacial score (nSPS) is 11.2. The third-order valence-electron chi connectivity index (χ3n) is 3.96. The van der Waals surface area contributed by atoms with Crippen molar-refractivity contribution in [3.63, 3.8) is 0 Å². The molecule has 0 saturated carbocycles. The molecule has 29 heavy (non-hydrogen) atoms. The van der Waals surface area contributed by atoms with Crippen LogP contribution in [-0.2, 0) is 4.79 Å². The van der Waals surface area contributed by atoms with Crippen LogP contribution in [0.3, 0.4) is 0 Å². The first-order valence-corrected chi connectivity index (χ1v) is 9.94. The van der Waals surface area contributed by atoms with Crippen LogP contribution in [0.2, 0.25) is 5.02 Å². The van der Waals surface area contributed by atoms with E-state index in [9.17, 15) is 13.6 Å². The number of hydroxylamine groups is 1. The van der Waals surface area contributed by atoms with Gasteiger partial charge in [0.1, 0.15) is 5.75 Å². The standard InChI is InChI=1S/C19H22ClF2N3O3S/c1-3-24(2)8-9-25(12-18(26)23-27)29-15-10-16(21)19(17(22)11-15)28-14-6-4-13(20)5-7-14/h4-7,10-11,27H,3,8-9,12H2,1-2H3,(H,23,26). The Kier molecular flexibility index (Phi) is 9.12. The second-order valence-corrected chi connectivity index (χ2v) is 7.76. The van der Waals surface area contributed by atoms with Crippen molar-refractivity contribution in [3.05, 3.63) is 53.1 Å². The Hall–Kier alpha value is -1.91. The minimum absolute atomic E-state index is 0.148. The number of rotatable bonds is 10. The van der Waals surface area contributed by atoms with E-state index in [2.05, 4.69) is 0 Å². The number of benzene rings is 2. The molecule has 1 amide bonds. The molecule has 2 rings (SSSR count). The zero-order chi connectivity index (χ0) is 21.4. The molecule has 158 valence electrons. The van der Waals surface area contributed by atoms with Crippen molar-refractivity contribution >= 4 is 29.5 Å². The van der Waals surface area contributed by atoms with Crippen molar-refractivity contribution in [2.75, 3.05) is 33.2 Å². The summed E-state index contributed by atoms with van der Waals surface area (Å²) in [6.07, 6.45) is 0. The SMILES string of the molecule is CCN(C)CCN(CC(=O)NO)Sc1cc(F)c(Oc2ccc(Cl)cc2)c(F)c1. The summed E-state index contributed by atoms with van der Waals surface area (Å²) in [7, 11) is 1.91. The lowest BCUT2D eigenvalue weighted by atomic mass is 10.3. The Morgan fingerprint density at radius 3 is 2.38 bits per heavy atom. The van der Waals surface area contributed by atoms with Gasteiger partial charge in [0.25, 0.3) is 5.91 Å².